The first-order valence-corrected chi connectivity index (χ1v) is 6.23. The lowest BCUT2D eigenvalue weighted by Crippen LogP contribution is -2.41. The molecule has 0 radical (unpaired) electrons. The number of likely N-dealkylation sites (N-methyl/N-ethyl adjacent to an activating group) is 1. The third-order valence-corrected chi connectivity index (χ3v) is 2.76. The van der Waals surface area contributed by atoms with Crippen LogP contribution in [0.15, 0.2) is 0 Å². The van der Waals surface area contributed by atoms with E-state index in [9.17, 15) is 13.2 Å². The van der Waals surface area contributed by atoms with E-state index in [1.54, 1.807) is 11.8 Å². The molecule has 0 aromatic heterocycles. The van der Waals surface area contributed by atoms with Crippen molar-refractivity contribution >= 4 is 11.8 Å². The first-order valence-electron chi connectivity index (χ1n) is 4.83. The molecule has 92 valence electrons. The predicted molar refractivity (Wildman–Crippen MR) is 59.4 cm³/mol. The normalized spacial score (nSPS) is 14.6. The molecule has 0 aromatic carbocycles. The van der Waals surface area contributed by atoms with Crippen LogP contribution in [0.4, 0.5) is 13.2 Å². The second kappa shape index (κ2) is 7.35. The molecule has 0 bridgehead atoms. The van der Waals surface area contributed by atoms with Gasteiger partial charge in [-0.15, -0.1) is 0 Å². The van der Waals surface area contributed by atoms with Crippen molar-refractivity contribution in [2.45, 2.75) is 19.1 Å². The summed E-state index contributed by atoms with van der Waals surface area (Å²) in [5.74, 6) is 1.00. The smallest absolute Gasteiger partial charge is 0.307 e. The molecule has 0 amide bonds. The average Bonchev–Trinajstić information content (AvgIpc) is 2.11. The Morgan fingerprint density at radius 2 is 2.00 bits per heavy atom. The first kappa shape index (κ1) is 15.1. The number of rotatable bonds is 7. The summed E-state index contributed by atoms with van der Waals surface area (Å²) >= 11 is 1.73. The fourth-order valence-electron chi connectivity index (χ4n) is 1.03. The van der Waals surface area contributed by atoms with E-state index >= 15 is 0 Å². The van der Waals surface area contributed by atoms with Gasteiger partial charge in [-0.25, -0.2) is 0 Å². The molecule has 0 saturated heterocycles. The number of alkyl halides is 3. The quantitative estimate of drug-likeness (QED) is 0.735. The lowest BCUT2D eigenvalue weighted by atomic mass is 10.3. The van der Waals surface area contributed by atoms with E-state index in [-0.39, 0.29) is 6.04 Å². The Balaban J connectivity index is 3.59. The summed E-state index contributed by atoms with van der Waals surface area (Å²) < 4.78 is 35.5. The molecule has 1 N–H and O–H groups in total. The summed E-state index contributed by atoms with van der Waals surface area (Å²) in [6.45, 7) is 2.28. The van der Waals surface area contributed by atoms with Crippen molar-refractivity contribution in [2.24, 2.45) is 0 Å². The van der Waals surface area contributed by atoms with Crippen LogP contribution in [0.3, 0.4) is 0 Å². The molecule has 0 aliphatic heterocycles. The lowest BCUT2D eigenvalue weighted by molar-refractivity contribution is -0.125. The first-order chi connectivity index (χ1) is 6.87. The van der Waals surface area contributed by atoms with Crippen LogP contribution in [0, 0.1) is 0 Å². The summed E-state index contributed by atoms with van der Waals surface area (Å²) in [5.41, 5.74) is 0. The van der Waals surface area contributed by atoms with Crippen molar-refractivity contribution in [2.75, 3.05) is 38.7 Å². The minimum atomic E-state index is -4.11. The molecule has 0 spiro atoms. The van der Waals surface area contributed by atoms with Gasteiger partial charge in [-0.05, 0) is 20.2 Å². The predicted octanol–water partition coefficient (Wildman–Crippen LogP) is 1.82. The molecule has 6 heteroatoms. The van der Waals surface area contributed by atoms with Gasteiger partial charge in [-0.2, -0.15) is 24.9 Å². The highest BCUT2D eigenvalue weighted by Gasteiger charge is 2.26. The largest absolute Gasteiger partial charge is 0.401 e. The zero-order chi connectivity index (χ0) is 11.9. The van der Waals surface area contributed by atoms with E-state index in [2.05, 4.69) is 10.2 Å². The summed E-state index contributed by atoms with van der Waals surface area (Å²) in [7, 11) is 1.93. The number of hydrogen-bond donors (Lipinski definition) is 1. The van der Waals surface area contributed by atoms with Crippen LogP contribution in [0.5, 0.6) is 0 Å². The highest BCUT2D eigenvalue weighted by molar-refractivity contribution is 7.98. The van der Waals surface area contributed by atoms with Gasteiger partial charge < -0.3 is 10.2 Å². The molecule has 0 aromatic rings. The summed E-state index contributed by atoms with van der Waals surface area (Å²) in [6.07, 6.45) is -2.10. The number of hydrogen-bond acceptors (Lipinski definition) is 3. The van der Waals surface area contributed by atoms with Crippen molar-refractivity contribution in [3.8, 4) is 0 Å². The maximum absolute atomic E-state index is 11.8. The van der Waals surface area contributed by atoms with Gasteiger partial charge >= 0.3 is 6.18 Å². The lowest BCUT2D eigenvalue weighted by Gasteiger charge is -2.24. The Kier molecular flexibility index (Phi) is 7.38. The third-order valence-electron chi connectivity index (χ3n) is 2.17. The Labute approximate surface area is 93.6 Å². The van der Waals surface area contributed by atoms with Gasteiger partial charge in [0.25, 0.3) is 0 Å². The van der Waals surface area contributed by atoms with Crippen LogP contribution in [-0.2, 0) is 0 Å². The van der Waals surface area contributed by atoms with Crippen molar-refractivity contribution < 1.29 is 13.2 Å². The Morgan fingerprint density at radius 3 is 2.47 bits per heavy atom. The summed E-state index contributed by atoms with van der Waals surface area (Å²) in [5, 5.41) is 2.41. The zero-order valence-electron chi connectivity index (χ0n) is 9.40. The SMILES string of the molecule is CSCCN(C)C(C)CNCC(F)(F)F. The molecule has 0 aliphatic carbocycles. The average molecular weight is 244 g/mol. The van der Waals surface area contributed by atoms with Gasteiger partial charge in [0.1, 0.15) is 0 Å². The fourth-order valence-corrected chi connectivity index (χ4v) is 1.50. The van der Waals surface area contributed by atoms with Crippen LogP contribution < -0.4 is 5.32 Å². The van der Waals surface area contributed by atoms with Gasteiger partial charge in [0.15, 0.2) is 0 Å². The van der Waals surface area contributed by atoms with Crippen LogP contribution in [0.25, 0.3) is 0 Å². The summed E-state index contributed by atoms with van der Waals surface area (Å²) in [4.78, 5) is 2.06. The number of nitrogens with zero attached hydrogens (tertiary/aromatic N) is 1. The van der Waals surface area contributed by atoms with Crippen molar-refractivity contribution in [1.29, 1.82) is 0 Å². The van der Waals surface area contributed by atoms with Gasteiger partial charge in [-0.3, -0.25) is 0 Å². The topological polar surface area (TPSA) is 15.3 Å². The Bertz CT molecular complexity index is 164. The molecule has 0 heterocycles. The second-order valence-electron chi connectivity index (χ2n) is 3.57. The standard InChI is InChI=1S/C9H19F3N2S/c1-8(14(2)4-5-15-3)6-13-7-9(10,11)12/h8,13H,4-7H2,1-3H3. The Morgan fingerprint density at radius 1 is 1.40 bits per heavy atom. The number of thioether (sulfide) groups is 1. The van der Waals surface area contributed by atoms with E-state index in [4.69, 9.17) is 0 Å². The molecule has 0 fully saturated rings. The monoisotopic (exact) mass is 244 g/mol. The molecule has 1 unspecified atom stereocenters. The molecule has 0 rings (SSSR count). The van der Waals surface area contributed by atoms with E-state index in [0.29, 0.717) is 6.54 Å². The Hall–Kier alpha value is 0.0600. The van der Waals surface area contributed by atoms with E-state index < -0.39 is 12.7 Å². The van der Waals surface area contributed by atoms with Gasteiger partial charge in [0.2, 0.25) is 0 Å². The molecular formula is C9H19F3N2S. The second-order valence-corrected chi connectivity index (χ2v) is 4.55. The van der Waals surface area contributed by atoms with Gasteiger partial charge in [0.05, 0.1) is 6.54 Å². The molecule has 2 nitrogen and oxygen atoms in total. The van der Waals surface area contributed by atoms with Crippen LogP contribution in [0.2, 0.25) is 0 Å². The highest BCUT2D eigenvalue weighted by atomic mass is 32.2. The van der Waals surface area contributed by atoms with Crippen LogP contribution >= 0.6 is 11.8 Å². The third kappa shape index (κ3) is 9.02. The van der Waals surface area contributed by atoms with E-state index in [0.717, 1.165) is 12.3 Å². The van der Waals surface area contributed by atoms with E-state index in [1.807, 2.05) is 20.2 Å². The molecule has 1 atom stereocenters. The van der Waals surface area contributed by atoms with Gasteiger partial charge in [0, 0.05) is 24.9 Å². The highest BCUT2D eigenvalue weighted by Crippen LogP contribution is 2.12. The van der Waals surface area contributed by atoms with Crippen LogP contribution in [0.1, 0.15) is 6.92 Å². The molecule has 0 aliphatic rings. The van der Waals surface area contributed by atoms with Crippen molar-refractivity contribution in [3.05, 3.63) is 0 Å². The molecule has 0 saturated carbocycles. The molecule has 15 heavy (non-hydrogen) atoms. The zero-order valence-corrected chi connectivity index (χ0v) is 10.2. The fraction of sp³-hybridized carbons (Fsp3) is 1.00. The van der Waals surface area contributed by atoms with Crippen molar-refractivity contribution in [3.63, 3.8) is 0 Å². The number of halogens is 3. The van der Waals surface area contributed by atoms with Gasteiger partial charge in [-0.1, -0.05) is 0 Å². The maximum Gasteiger partial charge on any atom is 0.401 e. The van der Waals surface area contributed by atoms with Crippen LogP contribution in [-0.4, -0.2) is 55.8 Å². The van der Waals surface area contributed by atoms with E-state index in [1.165, 1.54) is 0 Å². The minimum absolute atomic E-state index is 0.125. The molecular weight excluding hydrogens is 225 g/mol. The minimum Gasteiger partial charge on any atom is -0.307 e. The van der Waals surface area contributed by atoms with Crippen molar-refractivity contribution in [1.82, 2.24) is 10.2 Å². The summed E-state index contributed by atoms with van der Waals surface area (Å²) in [6, 6.07) is 0.125. The maximum atomic E-state index is 11.8. The number of nitrogens with one attached hydrogen (secondary N) is 1.